The van der Waals surface area contributed by atoms with E-state index in [-0.39, 0.29) is 0 Å². The monoisotopic (exact) mass is 375 g/mol. The normalized spacial score (nSPS) is 24.5. The molecule has 0 aromatic rings. The number of ether oxygens (including phenoxy) is 2. The van der Waals surface area contributed by atoms with Crippen molar-refractivity contribution < 1.29 is 39.2 Å². The van der Waals surface area contributed by atoms with Crippen LogP contribution in [0.2, 0.25) is 0 Å². The lowest BCUT2D eigenvalue weighted by Crippen LogP contribution is -2.63. The maximum atomic E-state index is 11.9. The molecule has 0 saturated carbocycles. The summed E-state index contributed by atoms with van der Waals surface area (Å²) in [4.78, 5) is 34.6. The second kappa shape index (κ2) is 9.94. The first kappa shape index (κ1) is 21.7. The smallest absolute Gasteiger partial charge is 0.407 e. The standard InChI is InChI=1S/C15H25N3O8/c1-3-4-17-15(24)26-12(9(21)6-19)13-11(18-7(2)20)8(16)5-10(25-13)14(22)23/h5,8-9,11-13,19,21H,3-4,6,16H2,1-2H3,(H,17,24)(H,18,20)(H,22,23)/t8-,9+,11+,12+,13+/m0/s1. The summed E-state index contributed by atoms with van der Waals surface area (Å²) in [7, 11) is 0. The number of hydrogen-bond acceptors (Lipinski definition) is 8. The fraction of sp³-hybridized carbons (Fsp3) is 0.667. The Balaban J connectivity index is 3.14. The van der Waals surface area contributed by atoms with E-state index >= 15 is 0 Å². The first-order chi connectivity index (χ1) is 12.2. The second-order valence-electron chi connectivity index (χ2n) is 5.77. The zero-order valence-corrected chi connectivity index (χ0v) is 14.5. The lowest BCUT2D eigenvalue weighted by Gasteiger charge is -2.39. The highest BCUT2D eigenvalue weighted by Crippen LogP contribution is 2.24. The maximum Gasteiger partial charge on any atom is 0.407 e. The predicted molar refractivity (Wildman–Crippen MR) is 87.8 cm³/mol. The van der Waals surface area contributed by atoms with Crippen LogP contribution in [0.1, 0.15) is 20.3 Å². The second-order valence-corrected chi connectivity index (χ2v) is 5.77. The minimum Gasteiger partial charge on any atom is -0.477 e. The Labute approximate surface area is 150 Å². The van der Waals surface area contributed by atoms with Gasteiger partial charge in [-0.25, -0.2) is 9.59 Å². The summed E-state index contributed by atoms with van der Waals surface area (Å²) in [6.07, 6.45) is -3.58. The van der Waals surface area contributed by atoms with Gasteiger partial charge in [-0.2, -0.15) is 0 Å². The number of rotatable bonds is 8. The molecule has 0 spiro atoms. The van der Waals surface area contributed by atoms with Crippen LogP contribution in [-0.2, 0) is 19.1 Å². The van der Waals surface area contributed by atoms with Crippen LogP contribution >= 0.6 is 0 Å². The number of carbonyl (C=O) groups excluding carboxylic acids is 2. The number of carboxylic acids is 1. The third-order valence-corrected chi connectivity index (χ3v) is 3.61. The molecule has 11 nitrogen and oxygen atoms in total. The quantitative estimate of drug-likeness (QED) is 0.281. The molecule has 1 heterocycles. The Morgan fingerprint density at radius 3 is 2.58 bits per heavy atom. The SMILES string of the molecule is CCCNC(=O)O[C@@H]([C@@H]1OC(C(=O)O)=C[C@H](N)[C@H]1NC(C)=O)[C@H](O)CO. The van der Waals surface area contributed by atoms with Crippen molar-refractivity contribution in [3.63, 3.8) is 0 Å². The van der Waals surface area contributed by atoms with Gasteiger partial charge in [0.2, 0.25) is 11.7 Å². The summed E-state index contributed by atoms with van der Waals surface area (Å²) in [6.45, 7) is 2.55. The van der Waals surface area contributed by atoms with Crippen LogP contribution in [0.15, 0.2) is 11.8 Å². The molecule has 0 aliphatic carbocycles. The van der Waals surface area contributed by atoms with Crippen LogP contribution in [0, 0.1) is 0 Å². The van der Waals surface area contributed by atoms with E-state index < -0.39 is 60.7 Å². The van der Waals surface area contributed by atoms with Crippen LogP contribution in [0.5, 0.6) is 0 Å². The van der Waals surface area contributed by atoms with Gasteiger partial charge >= 0.3 is 12.1 Å². The number of alkyl carbamates (subject to hydrolysis) is 1. The summed E-state index contributed by atoms with van der Waals surface area (Å²) in [5.41, 5.74) is 5.90. The third-order valence-electron chi connectivity index (χ3n) is 3.61. The Kier molecular flexibility index (Phi) is 8.29. The first-order valence-corrected chi connectivity index (χ1v) is 8.09. The van der Waals surface area contributed by atoms with Gasteiger partial charge in [0.05, 0.1) is 18.7 Å². The lowest BCUT2D eigenvalue weighted by molar-refractivity contribution is -0.146. The van der Waals surface area contributed by atoms with Gasteiger partial charge < -0.3 is 41.2 Å². The molecule has 0 saturated heterocycles. The molecule has 0 aromatic carbocycles. The van der Waals surface area contributed by atoms with Crippen LogP contribution in [-0.4, -0.2) is 76.8 Å². The van der Waals surface area contributed by atoms with Gasteiger partial charge in [0.1, 0.15) is 6.10 Å². The topological polar surface area (TPSA) is 180 Å². The van der Waals surface area contributed by atoms with Gasteiger partial charge in [-0.05, 0) is 12.5 Å². The molecule has 26 heavy (non-hydrogen) atoms. The fourth-order valence-electron chi connectivity index (χ4n) is 2.42. The van der Waals surface area contributed by atoms with E-state index in [1.54, 1.807) is 0 Å². The molecule has 2 amide bonds. The summed E-state index contributed by atoms with van der Waals surface area (Å²) in [5, 5.41) is 33.4. The molecule has 5 atom stereocenters. The molecule has 11 heteroatoms. The van der Waals surface area contributed by atoms with E-state index in [9.17, 15) is 24.6 Å². The number of hydrogen-bond donors (Lipinski definition) is 6. The van der Waals surface area contributed by atoms with Gasteiger partial charge in [-0.3, -0.25) is 4.79 Å². The zero-order chi connectivity index (χ0) is 19.9. The molecular formula is C15H25N3O8. The molecule has 148 valence electrons. The highest BCUT2D eigenvalue weighted by molar-refractivity contribution is 5.84. The highest BCUT2D eigenvalue weighted by atomic mass is 16.6. The van der Waals surface area contributed by atoms with E-state index in [0.29, 0.717) is 13.0 Å². The number of aliphatic carboxylic acids is 1. The van der Waals surface area contributed by atoms with Gasteiger partial charge in [0, 0.05) is 13.5 Å². The zero-order valence-electron chi connectivity index (χ0n) is 14.5. The molecule has 0 bridgehead atoms. The van der Waals surface area contributed by atoms with Gasteiger partial charge in [0.15, 0.2) is 12.2 Å². The van der Waals surface area contributed by atoms with E-state index in [1.165, 1.54) is 6.92 Å². The molecular weight excluding hydrogens is 350 g/mol. The fourth-order valence-corrected chi connectivity index (χ4v) is 2.42. The third kappa shape index (κ3) is 5.86. The first-order valence-electron chi connectivity index (χ1n) is 8.09. The van der Waals surface area contributed by atoms with Crippen molar-refractivity contribution in [2.24, 2.45) is 5.73 Å². The number of aliphatic hydroxyl groups excluding tert-OH is 2. The Hall–Kier alpha value is -2.37. The minimum absolute atomic E-state index is 0.307. The van der Waals surface area contributed by atoms with E-state index in [0.717, 1.165) is 6.08 Å². The number of amides is 2. The molecule has 1 aliphatic heterocycles. The number of carboxylic acid groups (broad SMARTS) is 1. The molecule has 0 fully saturated rings. The molecule has 7 N–H and O–H groups in total. The van der Waals surface area contributed by atoms with Crippen LogP contribution in [0.4, 0.5) is 4.79 Å². The van der Waals surface area contributed by atoms with Crippen molar-refractivity contribution in [1.29, 1.82) is 0 Å². The van der Waals surface area contributed by atoms with Crippen LogP contribution < -0.4 is 16.4 Å². The van der Waals surface area contributed by atoms with Crippen molar-refractivity contribution in [2.45, 2.75) is 50.7 Å². The van der Waals surface area contributed by atoms with Gasteiger partial charge in [-0.15, -0.1) is 0 Å². The summed E-state index contributed by atoms with van der Waals surface area (Å²) >= 11 is 0. The van der Waals surface area contributed by atoms with Crippen LogP contribution in [0.3, 0.4) is 0 Å². The van der Waals surface area contributed by atoms with Crippen molar-refractivity contribution >= 4 is 18.0 Å². The molecule has 0 radical (unpaired) electrons. The molecule has 1 rings (SSSR count). The van der Waals surface area contributed by atoms with E-state index in [2.05, 4.69) is 10.6 Å². The Morgan fingerprint density at radius 1 is 1.42 bits per heavy atom. The van der Waals surface area contributed by atoms with Crippen molar-refractivity contribution in [2.75, 3.05) is 13.2 Å². The van der Waals surface area contributed by atoms with Gasteiger partial charge in [-0.1, -0.05) is 6.92 Å². The number of nitrogens with one attached hydrogen (secondary N) is 2. The van der Waals surface area contributed by atoms with Crippen LogP contribution in [0.25, 0.3) is 0 Å². The molecule has 0 unspecified atom stereocenters. The lowest BCUT2D eigenvalue weighted by atomic mass is 9.92. The summed E-state index contributed by atoms with van der Waals surface area (Å²) < 4.78 is 10.4. The highest BCUT2D eigenvalue weighted by Gasteiger charge is 2.45. The van der Waals surface area contributed by atoms with Crippen molar-refractivity contribution in [1.82, 2.24) is 10.6 Å². The van der Waals surface area contributed by atoms with Crippen molar-refractivity contribution in [3.05, 3.63) is 11.8 Å². The minimum atomic E-state index is -1.59. The largest absolute Gasteiger partial charge is 0.477 e. The summed E-state index contributed by atoms with van der Waals surface area (Å²) in [6, 6.07) is -1.99. The van der Waals surface area contributed by atoms with E-state index in [1.807, 2.05) is 6.92 Å². The average molecular weight is 375 g/mol. The number of aliphatic hydroxyl groups is 2. The number of carbonyl (C=O) groups is 3. The molecule has 1 aliphatic rings. The Morgan fingerprint density at radius 2 is 2.08 bits per heavy atom. The predicted octanol–water partition coefficient (Wildman–Crippen LogP) is -1.96. The van der Waals surface area contributed by atoms with E-state index in [4.69, 9.17) is 20.3 Å². The number of nitrogens with two attached hydrogens (primary N) is 1. The maximum absolute atomic E-state index is 11.9. The Bertz CT molecular complexity index is 553. The average Bonchev–Trinajstić information content (AvgIpc) is 2.58. The summed E-state index contributed by atoms with van der Waals surface area (Å²) in [5.74, 6) is -2.42. The van der Waals surface area contributed by atoms with Gasteiger partial charge in [0.25, 0.3) is 0 Å². The van der Waals surface area contributed by atoms with Crippen molar-refractivity contribution in [3.8, 4) is 0 Å². The molecule has 0 aromatic heterocycles.